The summed E-state index contributed by atoms with van der Waals surface area (Å²) in [5, 5.41) is 2.69. The molecule has 0 fully saturated rings. The van der Waals surface area contributed by atoms with Crippen LogP contribution in [0.5, 0.6) is 11.5 Å². The largest absolute Gasteiger partial charge is 0.493 e. The highest BCUT2D eigenvalue weighted by molar-refractivity contribution is 9.10. The molecule has 1 N–H and O–H groups in total. The number of hydrogen-bond acceptors (Lipinski definition) is 4. The molecule has 0 atom stereocenters. The Bertz CT molecular complexity index is 977. The minimum absolute atomic E-state index is 0.341. The lowest BCUT2D eigenvalue weighted by atomic mass is 10.1. The lowest BCUT2D eigenvalue weighted by Crippen LogP contribution is -2.13. The molecule has 0 aliphatic heterocycles. The predicted molar refractivity (Wildman–Crippen MR) is 108 cm³/mol. The van der Waals surface area contributed by atoms with Gasteiger partial charge in [0.05, 0.1) is 30.2 Å². The van der Waals surface area contributed by atoms with Crippen molar-refractivity contribution in [2.24, 2.45) is 0 Å². The lowest BCUT2D eigenvalue weighted by Gasteiger charge is -2.14. The van der Waals surface area contributed by atoms with Crippen molar-refractivity contribution < 1.29 is 18.7 Å². The van der Waals surface area contributed by atoms with Crippen molar-refractivity contribution in [2.75, 3.05) is 19.0 Å². The second kappa shape index (κ2) is 8.88. The number of aromatic nitrogens is 2. The molecule has 2 aromatic carbocycles. The molecule has 146 valence electrons. The smallest absolute Gasteiger partial charge is 0.255 e. The zero-order chi connectivity index (χ0) is 20.1. The van der Waals surface area contributed by atoms with Crippen LogP contribution < -0.4 is 14.8 Å². The molecular weight excluding hydrogens is 429 g/mol. The Hall–Kier alpha value is -2.87. The fraction of sp³-hybridized carbons (Fsp3) is 0.200. The van der Waals surface area contributed by atoms with Gasteiger partial charge in [-0.15, -0.1) is 0 Å². The number of anilines is 1. The molecule has 1 heterocycles. The number of methoxy groups -OCH3 is 1. The van der Waals surface area contributed by atoms with Gasteiger partial charge in [-0.25, -0.2) is 9.37 Å². The minimum atomic E-state index is -0.474. The fourth-order valence-electron chi connectivity index (χ4n) is 2.59. The number of halogens is 2. The maximum absolute atomic E-state index is 14.4. The van der Waals surface area contributed by atoms with Crippen LogP contribution in [-0.4, -0.2) is 29.2 Å². The first-order chi connectivity index (χ1) is 13.5. The molecule has 0 bridgehead atoms. The van der Waals surface area contributed by atoms with E-state index in [4.69, 9.17) is 9.47 Å². The van der Waals surface area contributed by atoms with Gasteiger partial charge in [0, 0.05) is 23.6 Å². The first kappa shape index (κ1) is 19.9. The molecule has 28 heavy (non-hydrogen) atoms. The van der Waals surface area contributed by atoms with Crippen LogP contribution in [0.2, 0.25) is 0 Å². The van der Waals surface area contributed by atoms with Crippen LogP contribution >= 0.6 is 15.9 Å². The number of carbonyl (C=O) groups excluding carboxylic acids is 1. The third-order valence-corrected chi connectivity index (χ3v) is 4.52. The normalized spacial score (nSPS) is 10.6. The number of ether oxygens (including phenoxy) is 2. The van der Waals surface area contributed by atoms with E-state index in [9.17, 15) is 9.18 Å². The van der Waals surface area contributed by atoms with Crippen LogP contribution in [0.1, 0.15) is 23.7 Å². The van der Waals surface area contributed by atoms with Crippen molar-refractivity contribution >= 4 is 27.5 Å². The SMILES string of the molecule is CCCOc1c(Br)cc(C(=O)Nc2ccc(-n3ccnc3)c(F)c2)cc1OC. The second-order valence-electron chi connectivity index (χ2n) is 5.93. The summed E-state index contributed by atoms with van der Waals surface area (Å²) >= 11 is 3.41. The Morgan fingerprint density at radius 3 is 2.79 bits per heavy atom. The zero-order valence-corrected chi connectivity index (χ0v) is 17.0. The standard InChI is InChI=1S/C20H19BrFN3O3/c1-3-8-28-19-15(21)9-13(10-18(19)27-2)20(26)24-14-4-5-17(16(22)11-14)25-7-6-23-12-25/h4-7,9-12H,3,8H2,1-2H3,(H,24,26). The van der Waals surface area contributed by atoms with Gasteiger partial charge in [-0.3, -0.25) is 4.79 Å². The number of nitrogens with one attached hydrogen (secondary N) is 1. The Morgan fingerprint density at radius 2 is 2.14 bits per heavy atom. The van der Waals surface area contributed by atoms with E-state index in [-0.39, 0.29) is 0 Å². The number of imidazole rings is 1. The highest BCUT2D eigenvalue weighted by Crippen LogP contribution is 2.37. The van der Waals surface area contributed by atoms with Crippen molar-refractivity contribution in [3.8, 4) is 17.2 Å². The number of rotatable bonds is 7. The Morgan fingerprint density at radius 1 is 1.32 bits per heavy atom. The summed E-state index contributed by atoms with van der Waals surface area (Å²) in [6, 6.07) is 7.69. The monoisotopic (exact) mass is 447 g/mol. The van der Waals surface area contributed by atoms with Crippen LogP contribution in [0.4, 0.5) is 10.1 Å². The van der Waals surface area contributed by atoms with Gasteiger partial charge in [0.25, 0.3) is 5.91 Å². The summed E-state index contributed by atoms with van der Waals surface area (Å²) in [7, 11) is 1.51. The van der Waals surface area contributed by atoms with Crippen molar-refractivity contribution in [1.82, 2.24) is 9.55 Å². The van der Waals surface area contributed by atoms with Gasteiger partial charge in [-0.2, -0.15) is 0 Å². The molecule has 0 spiro atoms. The van der Waals surface area contributed by atoms with Gasteiger partial charge in [0.15, 0.2) is 11.5 Å². The highest BCUT2D eigenvalue weighted by Gasteiger charge is 2.16. The molecule has 0 saturated carbocycles. The molecule has 0 radical (unpaired) electrons. The van der Waals surface area contributed by atoms with E-state index in [2.05, 4.69) is 26.2 Å². The van der Waals surface area contributed by atoms with Crippen LogP contribution in [0.25, 0.3) is 5.69 Å². The summed E-state index contributed by atoms with van der Waals surface area (Å²) in [5.41, 5.74) is 1.04. The zero-order valence-electron chi connectivity index (χ0n) is 15.4. The van der Waals surface area contributed by atoms with Crippen molar-refractivity contribution in [3.63, 3.8) is 0 Å². The summed E-state index contributed by atoms with van der Waals surface area (Å²) in [6.07, 6.45) is 5.55. The maximum Gasteiger partial charge on any atom is 0.255 e. The summed E-state index contributed by atoms with van der Waals surface area (Å²) in [4.78, 5) is 16.5. The first-order valence-corrected chi connectivity index (χ1v) is 9.42. The fourth-order valence-corrected chi connectivity index (χ4v) is 3.15. The van der Waals surface area contributed by atoms with Crippen molar-refractivity contribution in [1.29, 1.82) is 0 Å². The molecule has 1 aromatic heterocycles. The van der Waals surface area contributed by atoms with Crippen LogP contribution in [0, 0.1) is 5.82 Å². The summed E-state index contributed by atoms with van der Waals surface area (Å²) < 4.78 is 27.5. The van der Waals surface area contributed by atoms with Crippen molar-refractivity contribution in [3.05, 3.63) is 64.9 Å². The molecule has 3 rings (SSSR count). The number of nitrogens with zero attached hydrogens (tertiary/aromatic N) is 2. The van der Waals surface area contributed by atoms with E-state index in [1.807, 2.05) is 6.92 Å². The van der Waals surface area contributed by atoms with Gasteiger partial charge in [0.1, 0.15) is 5.82 Å². The van der Waals surface area contributed by atoms with E-state index in [1.54, 1.807) is 41.2 Å². The van der Waals surface area contributed by atoms with E-state index in [0.717, 1.165) is 6.42 Å². The van der Waals surface area contributed by atoms with Gasteiger partial charge < -0.3 is 19.4 Å². The number of carbonyl (C=O) groups is 1. The molecule has 0 aliphatic carbocycles. The van der Waals surface area contributed by atoms with Crippen LogP contribution in [0.3, 0.4) is 0 Å². The predicted octanol–water partition coefficient (Wildman–Crippen LogP) is 4.82. The van der Waals surface area contributed by atoms with E-state index in [0.29, 0.717) is 39.5 Å². The third kappa shape index (κ3) is 4.33. The molecule has 0 saturated heterocycles. The lowest BCUT2D eigenvalue weighted by molar-refractivity contribution is 0.102. The van der Waals surface area contributed by atoms with Crippen LogP contribution in [-0.2, 0) is 0 Å². The molecule has 3 aromatic rings. The number of benzene rings is 2. The molecule has 0 aliphatic rings. The second-order valence-corrected chi connectivity index (χ2v) is 6.78. The van der Waals surface area contributed by atoms with E-state index in [1.165, 1.54) is 19.5 Å². The van der Waals surface area contributed by atoms with Gasteiger partial charge in [0.2, 0.25) is 0 Å². The van der Waals surface area contributed by atoms with Gasteiger partial charge >= 0.3 is 0 Å². The maximum atomic E-state index is 14.4. The Labute approximate surface area is 170 Å². The highest BCUT2D eigenvalue weighted by atomic mass is 79.9. The topological polar surface area (TPSA) is 65.4 Å². The van der Waals surface area contributed by atoms with E-state index >= 15 is 0 Å². The summed E-state index contributed by atoms with van der Waals surface area (Å²) in [5.74, 6) is 0.111. The summed E-state index contributed by atoms with van der Waals surface area (Å²) in [6.45, 7) is 2.53. The van der Waals surface area contributed by atoms with Crippen LogP contribution in [0.15, 0.2) is 53.5 Å². The van der Waals surface area contributed by atoms with Crippen molar-refractivity contribution in [2.45, 2.75) is 13.3 Å². The molecule has 0 unspecified atom stereocenters. The molecular formula is C20H19BrFN3O3. The third-order valence-electron chi connectivity index (χ3n) is 3.93. The molecule has 1 amide bonds. The molecule has 6 nitrogen and oxygen atoms in total. The number of amides is 1. The first-order valence-electron chi connectivity index (χ1n) is 8.63. The Kier molecular flexibility index (Phi) is 6.30. The van der Waals surface area contributed by atoms with Gasteiger partial charge in [-0.1, -0.05) is 6.92 Å². The average molecular weight is 448 g/mol. The number of hydrogen-bond donors (Lipinski definition) is 1. The quantitative estimate of drug-likeness (QED) is 0.563. The Balaban J connectivity index is 1.81. The van der Waals surface area contributed by atoms with Gasteiger partial charge in [-0.05, 0) is 52.7 Å². The molecule has 8 heteroatoms. The minimum Gasteiger partial charge on any atom is -0.493 e. The van der Waals surface area contributed by atoms with E-state index < -0.39 is 11.7 Å². The average Bonchev–Trinajstić information content (AvgIpc) is 3.21.